The molecule has 2 fully saturated rings. The normalized spacial score (nSPS) is 26.3. The maximum Gasteiger partial charge on any atom is 0.251 e. The van der Waals surface area contributed by atoms with Gasteiger partial charge in [-0.05, 0) is 24.8 Å². The van der Waals surface area contributed by atoms with Crippen LogP contribution < -0.4 is 5.32 Å². The molecule has 1 amide bonds. The lowest BCUT2D eigenvalue weighted by atomic mass is 9.98. The lowest BCUT2D eigenvalue weighted by Crippen LogP contribution is -2.50. The van der Waals surface area contributed by atoms with E-state index in [9.17, 15) is 9.90 Å². The second-order valence-corrected chi connectivity index (χ2v) is 8.00. The van der Waals surface area contributed by atoms with Gasteiger partial charge in [0, 0.05) is 52.9 Å². The molecule has 0 bridgehead atoms. The molecule has 7 heteroatoms. The Morgan fingerprint density at radius 1 is 1.17 bits per heavy atom. The fourth-order valence-electron chi connectivity index (χ4n) is 4.04. The number of rotatable bonds is 9. The van der Waals surface area contributed by atoms with Crippen LogP contribution in [-0.2, 0) is 20.8 Å². The second kappa shape index (κ2) is 11.6. The van der Waals surface area contributed by atoms with E-state index in [4.69, 9.17) is 9.47 Å². The molecule has 2 aliphatic heterocycles. The fourth-order valence-corrected chi connectivity index (χ4v) is 4.04. The Labute approximate surface area is 174 Å². The molecule has 0 unspecified atom stereocenters. The van der Waals surface area contributed by atoms with E-state index in [-0.39, 0.29) is 12.0 Å². The lowest BCUT2D eigenvalue weighted by Gasteiger charge is -2.37. The Balaban J connectivity index is 1.36. The standard InChI is InChI=1S/C22H35N3O4/c1-28-16-10-23-22(27)21-20(26)8-7-19(29-21)9-11-24-12-14-25(15-13-24)17-18-5-3-2-4-6-18/h2-6,19-21,26H,7-17H2,1H3,(H,23,27)/t19-,20-,21-/m0/s1. The van der Waals surface area contributed by atoms with Gasteiger partial charge >= 0.3 is 0 Å². The van der Waals surface area contributed by atoms with Crippen molar-refractivity contribution in [3.63, 3.8) is 0 Å². The van der Waals surface area contributed by atoms with Gasteiger partial charge in [0.05, 0.1) is 18.8 Å². The van der Waals surface area contributed by atoms with E-state index in [1.165, 1.54) is 5.56 Å². The van der Waals surface area contributed by atoms with E-state index in [0.29, 0.717) is 19.6 Å². The van der Waals surface area contributed by atoms with Gasteiger partial charge in [-0.1, -0.05) is 30.3 Å². The molecule has 3 atom stereocenters. The lowest BCUT2D eigenvalue weighted by molar-refractivity contribution is -0.158. The van der Waals surface area contributed by atoms with Gasteiger partial charge in [0.15, 0.2) is 6.10 Å². The van der Waals surface area contributed by atoms with Crippen molar-refractivity contribution < 1.29 is 19.4 Å². The average molecular weight is 406 g/mol. The highest BCUT2D eigenvalue weighted by molar-refractivity contribution is 5.81. The van der Waals surface area contributed by atoms with E-state index < -0.39 is 12.2 Å². The zero-order chi connectivity index (χ0) is 20.5. The molecule has 2 saturated heterocycles. The summed E-state index contributed by atoms with van der Waals surface area (Å²) in [6.07, 6.45) is 0.838. The summed E-state index contributed by atoms with van der Waals surface area (Å²) in [6.45, 7) is 7.13. The first-order valence-electron chi connectivity index (χ1n) is 10.7. The third-order valence-electron chi connectivity index (χ3n) is 5.82. The number of carbonyl (C=O) groups is 1. The summed E-state index contributed by atoms with van der Waals surface area (Å²) in [5, 5.41) is 12.9. The summed E-state index contributed by atoms with van der Waals surface area (Å²) in [6, 6.07) is 10.6. The van der Waals surface area contributed by atoms with E-state index in [1.54, 1.807) is 7.11 Å². The molecule has 2 N–H and O–H groups in total. The van der Waals surface area contributed by atoms with Crippen LogP contribution >= 0.6 is 0 Å². The van der Waals surface area contributed by atoms with Crippen LogP contribution in [0.3, 0.4) is 0 Å². The summed E-state index contributed by atoms with van der Waals surface area (Å²) in [4.78, 5) is 17.2. The Kier molecular flexibility index (Phi) is 8.89. The molecular formula is C22H35N3O4. The SMILES string of the molecule is COCCNC(=O)[C@H]1O[C@H](CCN2CCN(Cc3ccccc3)CC2)CC[C@@H]1O. The van der Waals surface area contributed by atoms with Crippen LogP contribution in [-0.4, -0.2) is 92.1 Å². The summed E-state index contributed by atoms with van der Waals surface area (Å²) in [5.41, 5.74) is 1.37. The summed E-state index contributed by atoms with van der Waals surface area (Å²) in [5.74, 6) is -0.242. The van der Waals surface area contributed by atoms with Crippen molar-refractivity contribution in [2.45, 2.75) is 44.1 Å². The number of ether oxygens (including phenoxy) is 2. The summed E-state index contributed by atoms with van der Waals surface area (Å²) in [7, 11) is 1.59. The van der Waals surface area contributed by atoms with Crippen LogP contribution in [0.2, 0.25) is 0 Å². The van der Waals surface area contributed by atoms with Crippen LogP contribution in [0, 0.1) is 0 Å². The van der Waals surface area contributed by atoms with Gasteiger partial charge < -0.3 is 24.8 Å². The maximum absolute atomic E-state index is 12.3. The van der Waals surface area contributed by atoms with Gasteiger partial charge in [-0.15, -0.1) is 0 Å². The molecule has 2 heterocycles. The minimum absolute atomic E-state index is 0.0268. The van der Waals surface area contributed by atoms with Gasteiger partial charge in [-0.25, -0.2) is 0 Å². The molecule has 7 nitrogen and oxygen atoms in total. The Morgan fingerprint density at radius 2 is 1.90 bits per heavy atom. The molecule has 3 rings (SSSR count). The number of nitrogens with zero attached hydrogens (tertiary/aromatic N) is 2. The number of methoxy groups -OCH3 is 1. The van der Waals surface area contributed by atoms with Gasteiger partial charge in [0.2, 0.25) is 0 Å². The number of aliphatic hydroxyl groups is 1. The number of benzene rings is 1. The first kappa shape index (κ1) is 22.2. The third-order valence-corrected chi connectivity index (χ3v) is 5.82. The first-order chi connectivity index (χ1) is 14.2. The predicted octanol–water partition coefficient (Wildman–Crippen LogP) is 0.865. The molecular weight excluding hydrogens is 370 g/mol. The van der Waals surface area contributed by atoms with Gasteiger partial charge in [0.25, 0.3) is 5.91 Å². The molecule has 1 aromatic rings. The number of nitrogens with one attached hydrogen (secondary N) is 1. The minimum atomic E-state index is -0.770. The van der Waals surface area contributed by atoms with Crippen LogP contribution in [0.25, 0.3) is 0 Å². The summed E-state index contributed by atoms with van der Waals surface area (Å²) < 4.78 is 10.9. The number of hydrogen-bond donors (Lipinski definition) is 2. The minimum Gasteiger partial charge on any atom is -0.390 e. The Morgan fingerprint density at radius 3 is 2.62 bits per heavy atom. The van der Waals surface area contributed by atoms with Crippen LogP contribution in [0.5, 0.6) is 0 Å². The van der Waals surface area contributed by atoms with E-state index >= 15 is 0 Å². The quantitative estimate of drug-likeness (QED) is 0.594. The van der Waals surface area contributed by atoms with Crippen molar-refractivity contribution in [3.8, 4) is 0 Å². The molecule has 29 heavy (non-hydrogen) atoms. The largest absolute Gasteiger partial charge is 0.390 e. The highest BCUT2D eigenvalue weighted by Gasteiger charge is 2.35. The number of piperazine rings is 1. The third kappa shape index (κ3) is 7.04. The monoisotopic (exact) mass is 405 g/mol. The van der Waals surface area contributed by atoms with Crippen LogP contribution in [0.4, 0.5) is 0 Å². The smallest absolute Gasteiger partial charge is 0.251 e. The van der Waals surface area contributed by atoms with Gasteiger partial charge in [0.1, 0.15) is 0 Å². The van der Waals surface area contributed by atoms with Crippen molar-refractivity contribution in [2.75, 3.05) is 53.0 Å². The van der Waals surface area contributed by atoms with Crippen LogP contribution in [0.1, 0.15) is 24.8 Å². The van der Waals surface area contributed by atoms with Crippen LogP contribution in [0.15, 0.2) is 30.3 Å². The highest BCUT2D eigenvalue weighted by Crippen LogP contribution is 2.22. The molecule has 0 saturated carbocycles. The molecule has 0 aliphatic carbocycles. The Hall–Kier alpha value is -1.51. The Bertz CT molecular complexity index is 607. The maximum atomic E-state index is 12.3. The zero-order valence-corrected chi connectivity index (χ0v) is 17.5. The van der Waals surface area contributed by atoms with E-state index in [2.05, 4.69) is 45.4 Å². The molecule has 1 aromatic carbocycles. The topological polar surface area (TPSA) is 74.3 Å². The van der Waals surface area contributed by atoms with Crippen molar-refractivity contribution in [2.24, 2.45) is 0 Å². The number of carbonyl (C=O) groups excluding carboxylic acids is 1. The average Bonchev–Trinajstić information content (AvgIpc) is 2.75. The number of amides is 1. The van der Waals surface area contributed by atoms with Crippen molar-refractivity contribution in [1.29, 1.82) is 0 Å². The molecule has 162 valence electrons. The molecule has 2 aliphatic rings. The van der Waals surface area contributed by atoms with Gasteiger partial charge in [-0.3, -0.25) is 9.69 Å². The zero-order valence-electron chi connectivity index (χ0n) is 17.5. The summed E-state index contributed by atoms with van der Waals surface area (Å²) >= 11 is 0. The van der Waals surface area contributed by atoms with Crippen molar-refractivity contribution in [3.05, 3.63) is 35.9 Å². The van der Waals surface area contributed by atoms with Gasteiger partial charge in [-0.2, -0.15) is 0 Å². The van der Waals surface area contributed by atoms with Crippen molar-refractivity contribution >= 4 is 5.91 Å². The second-order valence-electron chi connectivity index (χ2n) is 8.00. The van der Waals surface area contributed by atoms with E-state index in [1.807, 2.05) is 0 Å². The molecule has 0 spiro atoms. The molecule has 0 aromatic heterocycles. The molecule has 0 radical (unpaired) electrons. The fraction of sp³-hybridized carbons (Fsp3) is 0.682. The van der Waals surface area contributed by atoms with Crippen molar-refractivity contribution in [1.82, 2.24) is 15.1 Å². The first-order valence-corrected chi connectivity index (χ1v) is 10.7. The highest BCUT2D eigenvalue weighted by atomic mass is 16.5. The van der Waals surface area contributed by atoms with E-state index in [0.717, 1.165) is 52.1 Å². The predicted molar refractivity (Wildman–Crippen MR) is 112 cm³/mol. The number of aliphatic hydroxyl groups excluding tert-OH is 1. The number of hydrogen-bond acceptors (Lipinski definition) is 6.